The second-order valence-electron chi connectivity index (χ2n) is 6.41. The Bertz CT molecular complexity index is 976. The Morgan fingerprint density at radius 3 is 2.75 bits per heavy atom. The Balaban J connectivity index is 1.59. The van der Waals surface area contributed by atoms with E-state index in [2.05, 4.69) is 15.6 Å². The van der Waals surface area contributed by atoms with Crippen LogP contribution in [0.5, 0.6) is 5.75 Å². The zero-order valence-electron chi connectivity index (χ0n) is 15.8. The molecule has 2 N–H and O–H groups in total. The van der Waals surface area contributed by atoms with Gasteiger partial charge in [0.2, 0.25) is 0 Å². The van der Waals surface area contributed by atoms with E-state index in [4.69, 9.17) is 16.3 Å². The van der Waals surface area contributed by atoms with Crippen LogP contribution in [0.4, 0.5) is 11.4 Å². The number of aryl methyl sites for hydroxylation is 1. The van der Waals surface area contributed by atoms with Crippen LogP contribution in [0, 0.1) is 6.92 Å². The zero-order chi connectivity index (χ0) is 19.9. The van der Waals surface area contributed by atoms with Gasteiger partial charge in [0.1, 0.15) is 5.75 Å². The van der Waals surface area contributed by atoms with Crippen molar-refractivity contribution in [3.8, 4) is 5.75 Å². The molecule has 28 heavy (non-hydrogen) atoms. The summed E-state index contributed by atoms with van der Waals surface area (Å²) < 4.78 is 5.22. The third-order valence-electron chi connectivity index (χ3n) is 4.29. The fourth-order valence-corrected chi connectivity index (χ4v) is 2.90. The highest BCUT2D eigenvalue weighted by atomic mass is 35.5. The third-order valence-corrected chi connectivity index (χ3v) is 4.70. The van der Waals surface area contributed by atoms with Crippen LogP contribution in [0.25, 0.3) is 0 Å². The van der Waals surface area contributed by atoms with Gasteiger partial charge in [0, 0.05) is 23.5 Å². The molecule has 144 valence electrons. The Morgan fingerprint density at radius 2 is 1.96 bits per heavy atom. The highest BCUT2D eigenvalue weighted by Crippen LogP contribution is 2.23. The van der Waals surface area contributed by atoms with Crippen molar-refractivity contribution in [2.45, 2.75) is 13.3 Å². The Labute approximate surface area is 169 Å². The van der Waals surface area contributed by atoms with Gasteiger partial charge in [-0.1, -0.05) is 29.8 Å². The molecule has 0 spiro atoms. The van der Waals surface area contributed by atoms with E-state index in [1.54, 1.807) is 25.6 Å². The average Bonchev–Trinajstić information content (AvgIpc) is 2.71. The van der Waals surface area contributed by atoms with E-state index in [0.29, 0.717) is 17.1 Å². The van der Waals surface area contributed by atoms with Gasteiger partial charge in [-0.2, -0.15) is 0 Å². The molecule has 0 bridgehead atoms. The number of anilines is 2. The van der Waals surface area contributed by atoms with Crippen molar-refractivity contribution in [3.63, 3.8) is 0 Å². The van der Waals surface area contributed by atoms with Crippen molar-refractivity contribution in [2.24, 2.45) is 0 Å². The number of carbonyl (C=O) groups is 1. The number of nitrogens with one attached hydrogen (secondary N) is 2. The van der Waals surface area contributed by atoms with Gasteiger partial charge in [-0.25, -0.2) is 0 Å². The number of hydrogen-bond donors (Lipinski definition) is 2. The van der Waals surface area contributed by atoms with E-state index in [0.717, 1.165) is 34.7 Å². The van der Waals surface area contributed by atoms with E-state index in [9.17, 15) is 4.79 Å². The first-order chi connectivity index (χ1) is 13.5. The molecule has 5 nitrogen and oxygen atoms in total. The van der Waals surface area contributed by atoms with Crippen molar-refractivity contribution in [3.05, 3.63) is 82.6 Å². The second-order valence-corrected chi connectivity index (χ2v) is 6.82. The minimum Gasteiger partial charge on any atom is -0.497 e. The summed E-state index contributed by atoms with van der Waals surface area (Å²) in [6.45, 7) is 2.47. The maximum atomic E-state index is 12.4. The number of pyridine rings is 1. The molecule has 0 unspecified atom stereocenters. The SMILES string of the molecule is COc1cccc(CCNC(=O)c2cncc(Nc3ccc(C)c(Cl)c3)c2)c1. The maximum Gasteiger partial charge on any atom is 0.252 e. The molecule has 3 rings (SSSR count). The van der Waals surface area contributed by atoms with E-state index in [1.165, 1.54) is 0 Å². The number of nitrogens with zero attached hydrogens (tertiary/aromatic N) is 1. The van der Waals surface area contributed by atoms with E-state index in [1.807, 2.05) is 49.4 Å². The van der Waals surface area contributed by atoms with Crippen LogP contribution in [-0.2, 0) is 6.42 Å². The number of benzene rings is 2. The van der Waals surface area contributed by atoms with Crippen LogP contribution < -0.4 is 15.4 Å². The van der Waals surface area contributed by atoms with Crippen molar-refractivity contribution in [1.29, 1.82) is 0 Å². The number of ether oxygens (including phenoxy) is 1. The predicted octanol–water partition coefficient (Wildman–Crippen LogP) is 4.77. The van der Waals surface area contributed by atoms with E-state index >= 15 is 0 Å². The standard InChI is InChI=1S/C22H22ClN3O2/c1-15-6-7-18(12-21(15)23)26-19-11-17(13-24-14-19)22(27)25-9-8-16-4-3-5-20(10-16)28-2/h3-7,10-14,26H,8-9H2,1-2H3,(H,25,27). The third kappa shape index (κ3) is 5.24. The lowest BCUT2D eigenvalue weighted by Gasteiger charge is -2.10. The Morgan fingerprint density at radius 1 is 1.11 bits per heavy atom. The Kier molecular flexibility index (Phi) is 6.50. The van der Waals surface area contributed by atoms with Crippen LogP contribution in [0.1, 0.15) is 21.5 Å². The second kappa shape index (κ2) is 9.24. The number of hydrogen-bond acceptors (Lipinski definition) is 4. The number of halogens is 1. The van der Waals surface area contributed by atoms with Gasteiger partial charge in [0.05, 0.1) is 24.6 Å². The van der Waals surface area contributed by atoms with Crippen molar-refractivity contribution in [1.82, 2.24) is 10.3 Å². The summed E-state index contributed by atoms with van der Waals surface area (Å²) in [5, 5.41) is 6.83. The van der Waals surface area contributed by atoms with E-state index < -0.39 is 0 Å². The predicted molar refractivity (Wildman–Crippen MR) is 113 cm³/mol. The molecule has 2 aromatic carbocycles. The molecule has 0 radical (unpaired) electrons. The number of amides is 1. The highest BCUT2D eigenvalue weighted by Gasteiger charge is 2.08. The molecule has 0 aliphatic rings. The largest absolute Gasteiger partial charge is 0.497 e. The normalized spacial score (nSPS) is 10.4. The van der Waals surface area contributed by atoms with Gasteiger partial charge in [0.15, 0.2) is 0 Å². The summed E-state index contributed by atoms with van der Waals surface area (Å²) in [6.07, 6.45) is 3.94. The number of methoxy groups -OCH3 is 1. The molecular weight excluding hydrogens is 374 g/mol. The highest BCUT2D eigenvalue weighted by molar-refractivity contribution is 6.31. The van der Waals surface area contributed by atoms with Gasteiger partial charge in [-0.3, -0.25) is 9.78 Å². The average molecular weight is 396 g/mol. The van der Waals surface area contributed by atoms with Crippen LogP contribution in [-0.4, -0.2) is 24.5 Å². The number of rotatable bonds is 7. The van der Waals surface area contributed by atoms with Crippen LogP contribution in [0.2, 0.25) is 5.02 Å². The molecule has 0 saturated heterocycles. The Hall–Kier alpha value is -3.05. The fourth-order valence-electron chi connectivity index (χ4n) is 2.72. The lowest BCUT2D eigenvalue weighted by molar-refractivity contribution is 0.0954. The quantitative estimate of drug-likeness (QED) is 0.605. The summed E-state index contributed by atoms with van der Waals surface area (Å²) in [5.41, 5.74) is 4.17. The first-order valence-corrected chi connectivity index (χ1v) is 9.32. The summed E-state index contributed by atoms with van der Waals surface area (Å²) in [4.78, 5) is 16.6. The number of carbonyl (C=O) groups excluding carboxylic acids is 1. The first-order valence-electron chi connectivity index (χ1n) is 8.94. The topological polar surface area (TPSA) is 63.2 Å². The monoisotopic (exact) mass is 395 g/mol. The molecule has 0 saturated carbocycles. The zero-order valence-corrected chi connectivity index (χ0v) is 16.6. The van der Waals surface area contributed by atoms with Gasteiger partial charge in [-0.15, -0.1) is 0 Å². The summed E-state index contributed by atoms with van der Waals surface area (Å²) >= 11 is 6.16. The molecule has 0 fully saturated rings. The van der Waals surface area contributed by atoms with E-state index in [-0.39, 0.29) is 5.91 Å². The first kappa shape index (κ1) is 19.7. The van der Waals surface area contributed by atoms with Crippen LogP contribution in [0.15, 0.2) is 60.9 Å². The van der Waals surface area contributed by atoms with Crippen molar-refractivity contribution in [2.75, 3.05) is 19.0 Å². The maximum absolute atomic E-state index is 12.4. The van der Waals surface area contributed by atoms with Gasteiger partial charge in [-0.05, 0) is 54.8 Å². The summed E-state index contributed by atoms with van der Waals surface area (Å²) in [5.74, 6) is 0.643. The smallest absolute Gasteiger partial charge is 0.252 e. The van der Waals surface area contributed by atoms with Crippen LogP contribution in [0.3, 0.4) is 0 Å². The van der Waals surface area contributed by atoms with Gasteiger partial charge < -0.3 is 15.4 Å². The summed E-state index contributed by atoms with van der Waals surface area (Å²) in [6, 6.07) is 15.3. The minimum absolute atomic E-state index is 0.166. The molecule has 6 heteroatoms. The molecule has 0 atom stereocenters. The molecule has 1 aromatic heterocycles. The molecular formula is C22H22ClN3O2. The number of aromatic nitrogens is 1. The lowest BCUT2D eigenvalue weighted by atomic mass is 10.1. The molecule has 0 aliphatic heterocycles. The van der Waals surface area contributed by atoms with Crippen molar-refractivity contribution < 1.29 is 9.53 Å². The van der Waals surface area contributed by atoms with Crippen LogP contribution >= 0.6 is 11.6 Å². The minimum atomic E-state index is -0.166. The molecule has 1 amide bonds. The van der Waals surface area contributed by atoms with Gasteiger partial charge in [0.25, 0.3) is 5.91 Å². The molecule has 3 aromatic rings. The molecule has 0 aliphatic carbocycles. The summed E-state index contributed by atoms with van der Waals surface area (Å²) in [7, 11) is 1.64. The van der Waals surface area contributed by atoms with Crippen molar-refractivity contribution >= 4 is 28.9 Å². The lowest BCUT2D eigenvalue weighted by Crippen LogP contribution is -2.25. The molecule has 1 heterocycles. The van der Waals surface area contributed by atoms with Gasteiger partial charge >= 0.3 is 0 Å². The fraction of sp³-hybridized carbons (Fsp3) is 0.182.